The Kier molecular flexibility index (Phi) is 5.13. The second kappa shape index (κ2) is 7.21. The largest absolute Gasteiger partial charge is 0.416 e. The molecule has 0 spiro atoms. The van der Waals surface area contributed by atoms with Crippen LogP contribution >= 0.6 is 0 Å². The van der Waals surface area contributed by atoms with Gasteiger partial charge in [0.2, 0.25) is 10.0 Å². The lowest BCUT2D eigenvalue weighted by Gasteiger charge is -2.35. The van der Waals surface area contributed by atoms with E-state index in [1.807, 2.05) is 6.07 Å². The van der Waals surface area contributed by atoms with Gasteiger partial charge >= 0.3 is 6.18 Å². The summed E-state index contributed by atoms with van der Waals surface area (Å²) in [6.07, 6.45) is -4.42. The topological polar surface area (TPSA) is 64.4 Å². The highest BCUT2D eigenvalue weighted by molar-refractivity contribution is 7.89. The van der Waals surface area contributed by atoms with E-state index in [2.05, 4.69) is 0 Å². The van der Waals surface area contributed by atoms with Gasteiger partial charge in [0.1, 0.15) is 0 Å². The fourth-order valence-electron chi connectivity index (χ4n) is 2.94. The molecule has 1 saturated heterocycles. The second-order valence-corrected chi connectivity index (χ2v) is 8.02. The molecular weight excluding hydrogens is 379 g/mol. The zero-order valence-electron chi connectivity index (χ0n) is 14.1. The number of nitrogens with zero attached hydrogens (tertiary/aromatic N) is 3. The molecule has 0 radical (unpaired) electrons. The zero-order valence-corrected chi connectivity index (χ0v) is 15.0. The van der Waals surface area contributed by atoms with Gasteiger partial charge in [-0.2, -0.15) is 22.7 Å². The zero-order chi connectivity index (χ0) is 19.7. The molecule has 27 heavy (non-hydrogen) atoms. The van der Waals surface area contributed by atoms with Crippen molar-refractivity contribution < 1.29 is 21.6 Å². The molecule has 3 rings (SSSR count). The molecule has 1 aliphatic rings. The van der Waals surface area contributed by atoms with Crippen LogP contribution in [0, 0.1) is 11.3 Å². The van der Waals surface area contributed by atoms with Crippen molar-refractivity contribution in [3.05, 3.63) is 59.7 Å². The maximum atomic E-state index is 12.9. The maximum Gasteiger partial charge on any atom is 0.416 e. The third-order valence-electron chi connectivity index (χ3n) is 4.38. The van der Waals surface area contributed by atoms with E-state index in [-0.39, 0.29) is 36.6 Å². The van der Waals surface area contributed by atoms with Crippen molar-refractivity contribution >= 4 is 15.7 Å². The lowest BCUT2D eigenvalue weighted by Crippen LogP contribution is -2.48. The van der Waals surface area contributed by atoms with Gasteiger partial charge in [-0.25, -0.2) is 8.42 Å². The summed E-state index contributed by atoms with van der Waals surface area (Å²) in [5.74, 6) is 0. The maximum absolute atomic E-state index is 12.9. The number of halogens is 3. The minimum atomic E-state index is -4.42. The Morgan fingerprint density at radius 2 is 1.63 bits per heavy atom. The highest BCUT2D eigenvalue weighted by Crippen LogP contribution is 2.32. The molecule has 0 bridgehead atoms. The number of sulfonamides is 1. The summed E-state index contributed by atoms with van der Waals surface area (Å²) in [4.78, 5) is 1.77. The van der Waals surface area contributed by atoms with Crippen molar-refractivity contribution in [1.29, 1.82) is 5.26 Å². The molecule has 2 aromatic carbocycles. The molecule has 142 valence electrons. The van der Waals surface area contributed by atoms with Crippen molar-refractivity contribution in [2.45, 2.75) is 11.1 Å². The lowest BCUT2D eigenvalue weighted by atomic mass is 10.1. The standard InChI is InChI=1S/C18H16F3N3O2S/c19-18(20,21)15-4-2-5-16(12-15)23-7-9-24(10-8-23)27(25,26)17-6-1-3-14(11-17)13-22/h1-6,11-12H,7-10H2. The fourth-order valence-corrected chi connectivity index (χ4v) is 4.41. The first-order valence-corrected chi connectivity index (χ1v) is 9.58. The van der Waals surface area contributed by atoms with Crippen LogP contribution in [0.4, 0.5) is 18.9 Å². The van der Waals surface area contributed by atoms with Gasteiger partial charge in [-0.1, -0.05) is 12.1 Å². The van der Waals surface area contributed by atoms with E-state index in [0.717, 1.165) is 12.1 Å². The van der Waals surface area contributed by atoms with E-state index < -0.39 is 21.8 Å². The Morgan fingerprint density at radius 3 is 2.26 bits per heavy atom. The van der Waals surface area contributed by atoms with Crippen LogP contribution in [0.1, 0.15) is 11.1 Å². The molecule has 1 aliphatic heterocycles. The molecule has 9 heteroatoms. The van der Waals surface area contributed by atoms with Crippen molar-refractivity contribution in [3.8, 4) is 6.07 Å². The molecule has 0 atom stereocenters. The molecule has 0 aliphatic carbocycles. The summed E-state index contributed by atoms with van der Waals surface area (Å²) >= 11 is 0. The monoisotopic (exact) mass is 395 g/mol. The van der Waals surface area contributed by atoms with Crippen molar-refractivity contribution in [3.63, 3.8) is 0 Å². The van der Waals surface area contributed by atoms with Crippen molar-refractivity contribution in [1.82, 2.24) is 4.31 Å². The predicted octanol–water partition coefficient (Wildman–Crippen LogP) is 3.09. The summed E-state index contributed by atoms with van der Waals surface area (Å²) < 4.78 is 65.4. The van der Waals surface area contributed by atoms with E-state index >= 15 is 0 Å². The quantitative estimate of drug-likeness (QED) is 0.801. The molecule has 0 amide bonds. The first-order chi connectivity index (χ1) is 12.7. The SMILES string of the molecule is N#Cc1cccc(S(=O)(=O)N2CCN(c3cccc(C(F)(F)F)c3)CC2)c1. The summed E-state index contributed by atoms with van der Waals surface area (Å²) in [5, 5.41) is 8.93. The number of hydrogen-bond acceptors (Lipinski definition) is 4. The number of hydrogen-bond donors (Lipinski definition) is 0. The van der Waals surface area contributed by atoms with Crippen LogP contribution in [0.15, 0.2) is 53.4 Å². The number of rotatable bonds is 3. The van der Waals surface area contributed by atoms with E-state index in [0.29, 0.717) is 5.69 Å². The first-order valence-electron chi connectivity index (χ1n) is 8.14. The molecule has 0 saturated carbocycles. The summed E-state index contributed by atoms with van der Waals surface area (Å²) in [6.45, 7) is 0.849. The normalized spacial score (nSPS) is 16.1. The Morgan fingerprint density at radius 1 is 0.963 bits per heavy atom. The smallest absolute Gasteiger partial charge is 0.369 e. The van der Waals surface area contributed by atoms with Gasteiger partial charge in [-0.05, 0) is 36.4 Å². The molecule has 0 aromatic heterocycles. The van der Waals surface area contributed by atoms with Crippen LogP contribution < -0.4 is 4.90 Å². The van der Waals surface area contributed by atoms with Gasteiger partial charge in [0, 0.05) is 31.9 Å². The summed E-state index contributed by atoms with van der Waals surface area (Å²) in [7, 11) is -3.76. The summed E-state index contributed by atoms with van der Waals surface area (Å²) in [6, 6.07) is 12.7. The third kappa shape index (κ3) is 4.07. The third-order valence-corrected chi connectivity index (χ3v) is 6.27. The van der Waals surface area contributed by atoms with E-state index in [4.69, 9.17) is 5.26 Å². The Balaban J connectivity index is 1.74. The lowest BCUT2D eigenvalue weighted by molar-refractivity contribution is -0.137. The van der Waals surface area contributed by atoms with E-state index in [9.17, 15) is 21.6 Å². The van der Waals surface area contributed by atoms with Crippen molar-refractivity contribution in [2.24, 2.45) is 0 Å². The van der Waals surface area contributed by atoms with Crippen LogP contribution in [0.3, 0.4) is 0 Å². The predicted molar refractivity (Wildman–Crippen MR) is 93.6 cm³/mol. The Labute approximate surface area is 155 Å². The average molecular weight is 395 g/mol. The van der Waals surface area contributed by atoms with Gasteiger partial charge in [0.25, 0.3) is 0 Å². The number of nitriles is 1. The molecule has 0 N–H and O–H groups in total. The highest BCUT2D eigenvalue weighted by atomic mass is 32.2. The van der Waals surface area contributed by atoms with Gasteiger partial charge in [0.05, 0.1) is 22.1 Å². The van der Waals surface area contributed by atoms with E-state index in [1.165, 1.54) is 34.6 Å². The molecule has 2 aromatic rings. The summed E-state index contributed by atoms with van der Waals surface area (Å²) in [5.41, 5.74) is -0.0737. The fraction of sp³-hybridized carbons (Fsp3) is 0.278. The van der Waals surface area contributed by atoms with Gasteiger partial charge in [0.15, 0.2) is 0 Å². The van der Waals surface area contributed by atoms with Crippen LogP contribution in [0.5, 0.6) is 0 Å². The van der Waals surface area contributed by atoms with Crippen LogP contribution in [0.2, 0.25) is 0 Å². The van der Waals surface area contributed by atoms with Crippen LogP contribution in [0.25, 0.3) is 0 Å². The number of anilines is 1. The molecule has 1 fully saturated rings. The minimum absolute atomic E-state index is 0.0362. The first kappa shape index (κ1) is 19.2. The number of benzene rings is 2. The average Bonchev–Trinajstić information content (AvgIpc) is 2.67. The van der Waals surface area contributed by atoms with E-state index in [1.54, 1.807) is 11.0 Å². The molecule has 5 nitrogen and oxygen atoms in total. The minimum Gasteiger partial charge on any atom is -0.369 e. The molecule has 0 unspecified atom stereocenters. The Bertz CT molecular complexity index is 976. The van der Waals surface area contributed by atoms with Gasteiger partial charge < -0.3 is 4.90 Å². The number of alkyl halides is 3. The van der Waals surface area contributed by atoms with Crippen LogP contribution in [-0.2, 0) is 16.2 Å². The number of piperazine rings is 1. The van der Waals surface area contributed by atoms with Gasteiger partial charge in [-0.3, -0.25) is 0 Å². The molecule has 1 heterocycles. The van der Waals surface area contributed by atoms with Crippen molar-refractivity contribution in [2.75, 3.05) is 31.1 Å². The molecular formula is C18H16F3N3O2S. The second-order valence-electron chi connectivity index (χ2n) is 6.08. The van der Waals surface area contributed by atoms with Gasteiger partial charge in [-0.15, -0.1) is 0 Å². The van der Waals surface area contributed by atoms with Crippen LogP contribution in [-0.4, -0.2) is 38.9 Å². The Hall–Kier alpha value is -2.57. The highest BCUT2D eigenvalue weighted by Gasteiger charge is 2.32.